The normalized spacial score (nSPS) is 20.9. The second-order valence-electron chi connectivity index (χ2n) is 5.15. The lowest BCUT2D eigenvalue weighted by Gasteiger charge is -2.36. The van der Waals surface area contributed by atoms with Gasteiger partial charge < -0.3 is 20.7 Å². The molecule has 1 saturated heterocycles. The number of likely N-dealkylation sites (tertiary alicyclic amines) is 1. The molecule has 0 aromatic carbocycles. The van der Waals surface area contributed by atoms with Gasteiger partial charge in [0, 0.05) is 31.4 Å². The van der Waals surface area contributed by atoms with Gasteiger partial charge in [0.05, 0.1) is 5.02 Å². The van der Waals surface area contributed by atoms with Crippen LogP contribution in [0.4, 0.5) is 5.82 Å². The Hall–Kier alpha value is -1.53. The highest BCUT2D eigenvalue weighted by Crippen LogP contribution is 2.29. The van der Waals surface area contributed by atoms with E-state index in [2.05, 4.69) is 27.0 Å². The summed E-state index contributed by atoms with van der Waals surface area (Å²) >= 11 is 6.34. The Bertz CT molecular complexity index is 508. The number of amidine groups is 1. The van der Waals surface area contributed by atoms with Crippen LogP contribution in [0, 0.1) is 0 Å². The summed E-state index contributed by atoms with van der Waals surface area (Å²) in [6.07, 6.45) is 3.88. The molecule has 0 saturated carbocycles. The molecule has 20 heavy (non-hydrogen) atoms. The summed E-state index contributed by atoms with van der Waals surface area (Å²) in [5.41, 5.74) is 6.12. The first-order valence-electron chi connectivity index (χ1n) is 6.58. The minimum Gasteiger partial charge on any atom is -0.409 e. The van der Waals surface area contributed by atoms with E-state index in [4.69, 9.17) is 22.5 Å². The third-order valence-corrected chi connectivity index (χ3v) is 4.11. The molecule has 0 radical (unpaired) electrons. The minimum atomic E-state index is -0.00666. The number of likely N-dealkylation sites (N-methyl/N-ethyl adjacent to an activating group) is 2. The van der Waals surface area contributed by atoms with Crippen LogP contribution in [0.5, 0.6) is 0 Å². The average Bonchev–Trinajstić information content (AvgIpc) is 2.46. The maximum atomic E-state index is 8.79. The molecule has 1 aliphatic rings. The van der Waals surface area contributed by atoms with Gasteiger partial charge >= 0.3 is 0 Å². The predicted molar refractivity (Wildman–Crippen MR) is 80.7 cm³/mol. The third kappa shape index (κ3) is 2.96. The molecule has 1 aliphatic heterocycles. The van der Waals surface area contributed by atoms with Crippen LogP contribution in [0.25, 0.3) is 0 Å². The van der Waals surface area contributed by atoms with Crippen molar-refractivity contribution in [1.82, 2.24) is 9.88 Å². The van der Waals surface area contributed by atoms with Crippen molar-refractivity contribution in [3.05, 3.63) is 22.8 Å². The number of nitrogens with two attached hydrogens (primary N) is 1. The number of anilines is 1. The van der Waals surface area contributed by atoms with Crippen molar-refractivity contribution >= 4 is 23.3 Å². The minimum absolute atomic E-state index is 0.00666. The molecule has 110 valence electrons. The van der Waals surface area contributed by atoms with E-state index in [1.54, 1.807) is 12.3 Å². The first kappa shape index (κ1) is 14.9. The molecule has 0 amide bonds. The maximum absolute atomic E-state index is 8.79. The van der Waals surface area contributed by atoms with Gasteiger partial charge in [-0.2, -0.15) is 0 Å². The standard InChI is InChI=1S/C13H20ClN5O/c1-18-7-3-4-9(8-18)19(2)13-11(14)10(5-6-16-13)12(15)17-20/h5-6,9,20H,3-4,7-8H2,1-2H3,(H2,15,17). The van der Waals surface area contributed by atoms with E-state index in [0.717, 1.165) is 25.9 Å². The van der Waals surface area contributed by atoms with Crippen molar-refractivity contribution in [3.8, 4) is 0 Å². The van der Waals surface area contributed by atoms with Crippen molar-refractivity contribution < 1.29 is 5.21 Å². The van der Waals surface area contributed by atoms with Crippen LogP contribution < -0.4 is 10.6 Å². The summed E-state index contributed by atoms with van der Waals surface area (Å²) in [4.78, 5) is 8.71. The topological polar surface area (TPSA) is 78.0 Å². The Kier molecular flexibility index (Phi) is 4.67. The molecule has 0 aliphatic carbocycles. The molecule has 1 fully saturated rings. The Morgan fingerprint density at radius 2 is 2.40 bits per heavy atom. The number of pyridine rings is 1. The summed E-state index contributed by atoms with van der Waals surface area (Å²) < 4.78 is 0. The smallest absolute Gasteiger partial charge is 0.171 e. The molecular formula is C13H20ClN5O. The number of piperidine rings is 1. The van der Waals surface area contributed by atoms with Crippen molar-refractivity contribution in [1.29, 1.82) is 0 Å². The van der Waals surface area contributed by atoms with E-state index in [-0.39, 0.29) is 5.84 Å². The van der Waals surface area contributed by atoms with E-state index in [9.17, 15) is 0 Å². The molecule has 6 nitrogen and oxygen atoms in total. The first-order chi connectivity index (χ1) is 9.54. The molecule has 0 bridgehead atoms. The van der Waals surface area contributed by atoms with Gasteiger partial charge in [0.15, 0.2) is 5.84 Å². The molecule has 0 spiro atoms. The van der Waals surface area contributed by atoms with Gasteiger partial charge in [-0.1, -0.05) is 16.8 Å². The van der Waals surface area contributed by atoms with Crippen LogP contribution in [-0.2, 0) is 0 Å². The zero-order chi connectivity index (χ0) is 14.7. The van der Waals surface area contributed by atoms with Crippen LogP contribution in [0.1, 0.15) is 18.4 Å². The first-order valence-corrected chi connectivity index (χ1v) is 6.96. The van der Waals surface area contributed by atoms with Crippen molar-refractivity contribution in [3.63, 3.8) is 0 Å². The highest BCUT2D eigenvalue weighted by molar-refractivity contribution is 6.36. The van der Waals surface area contributed by atoms with Crippen LogP contribution in [0.15, 0.2) is 17.4 Å². The SMILES string of the molecule is CN1CCCC(N(C)c2nccc(/C(N)=N/O)c2Cl)C1. The van der Waals surface area contributed by atoms with Crippen LogP contribution >= 0.6 is 11.6 Å². The summed E-state index contributed by atoms with van der Waals surface area (Å²) in [5.74, 6) is 0.656. The zero-order valence-corrected chi connectivity index (χ0v) is 12.5. The summed E-state index contributed by atoms with van der Waals surface area (Å²) in [5, 5.41) is 12.2. The second kappa shape index (κ2) is 6.28. The van der Waals surface area contributed by atoms with E-state index in [0.29, 0.717) is 22.4 Å². The van der Waals surface area contributed by atoms with Gasteiger partial charge in [-0.3, -0.25) is 0 Å². The van der Waals surface area contributed by atoms with Gasteiger partial charge in [-0.15, -0.1) is 0 Å². The average molecular weight is 298 g/mol. The van der Waals surface area contributed by atoms with E-state index >= 15 is 0 Å². The molecule has 1 unspecified atom stereocenters. The zero-order valence-electron chi connectivity index (χ0n) is 11.8. The fraction of sp³-hybridized carbons (Fsp3) is 0.538. The monoisotopic (exact) mass is 297 g/mol. The number of hydrogen-bond acceptors (Lipinski definition) is 5. The van der Waals surface area contributed by atoms with Gasteiger partial charge in [-0.05, 0) is 32.5 Å². The van der Waals surface area contributed by atoms with E-state index in [1.165, 1.54) is 0 Å². The van der Waals surface area contributed by atoms with Crippen molar-refractivity contribution in [2.45, 2.75) is 18.9 Å². The Morgan fingerprint density at radius 1 is 1.65 bits per heavy atom. The number of oxime groups is 1. The molecule has 1 aromatic heterocycles. The Balaban J connectivity index is 2.28. The number of nitrogens with zero attached hydrogens (tertiary/aromatic N) is 4. The number of rotatable bonds is 3. The van der Waals surface area contributed by atoms with Crippen LogP contribution in [0.3, 0.4) is 0 Å². The highest BCUT2D eigenvalue weighted by Gasteiger charge is 2.24. The summed E-state index contributed by atoms with van der Waals surface area (Å²) in [6, 6.07) is 2.00. The largest absolute Gasteiger partial charge is 0.409 e. The van der Waals surface area contributed by atoms with Gasteiger partial charge in [0.2, 0.25) is 0 Å². The molecule has 7 heteroatoms. The molecule has 3 N–H and O–H groups in total. The Labute approximate surface area is 123 Å². The van der Waals surface area contributed by atoms with Gasteiger partial charge in [0.25, 0.3) is 0 Å². The third-order valence-electron chi connectivity index (χ3n) is 3.74. The molecule has 2 heterocycles. The lowest BCUT2D eigenvalue weighted by molar-refractivity contribution is 0.247. The number of hydrogen-bond donors (Lipinski definition) is 2. The molecule has 2 rings (SSSR count). The summed E-state index contributed by atoms with van der Waals surface area (Å²) in [7, 11) is 4.09. The second-order valence-corrected chi connectivity index (χ2v) is 5.53. The quantitative estimate of drug-likeness (QED) is 0.381. The lowest BCUT2D eigenvalue weighted by Crippen LogP contribution is -2.45. The highest BCUT2D eigenvalue weighted by atomic mass is 35.5. The van der Waals surface area contributed by atoms with Crippen LogP contribution in [-0.4, -0.2) is 54.2 Å². The maximum Gasteiger partial charge on any atom is 0.171 e. The lowest BCUT2D eigenvalue weighted by atomic mass is 10.0. The fourth-order valence-corrected chi connectivity index (χ4v) is 2.90. The Morgan fingerprint density at radius 3 is 3.05 bits per heavy atom. The molecular weight excluding hydrogens is 278 g/mol. The van der Waals surface area contributed by atoms with Crippen molar-refractivity contribution in [2.24, 2.45) is 10.9 Å². The summed E-state index contributed by atoms with van der Waals surface area (Å²) in [6.45, 7) is 2.10. The molecule has 1 aromatic rings. The van der Waals surface area contributed by atoms with E-state index in [1.807, 2.05) is 7.05 Å². The predicted octanol–water partition coefficient (Wildman–Crippen LogP) is 1.36. The van der Waals surface area contributed by atoms with Gasteiger partial charge in [0.1, 0.15) is 5.82 Å². The van der Waals surface area contributed by atoms with E-state index < -0.39 is 0 Å². The molecule has 1 atom stereocenters. The van der Waals surface area contributed by atoms with Crippen LogP contribution in [0.2, 0.25) is 5.02 Å². The van der Waals surface area contributed by atoms with Gasteiger partial charge in [-0.25, -0.2) is 4.98 Å². The van der Waals surface area contributed by atoms with Crippen molar-refractivity contribution in [2.75, 3.05) is 32.1 Å². The number of halogens is 1. The fourth-order valence-electron chi connectivity index (χ4n) is 2.56. The number of aromatic nitrogens is 1.